The number of hydrogen-bond donors (Lipinski definition) is 3. The van der Waals surface area contributed by atoms with Gasteiger partial charge in [-0.3, -0.25) is 10.2 Å². The van der Waals surface area contributed by atoms with Crippen LogP contribution in [0, 0.1) is 11.3 Å². The number of nitrogens with zero attached hydrogens (tertiary/aromatic N) is 5. The monoisotopic (exact) mass is 567 g/mol. The summed E-state index contributed by atoms with van der Waals surface area (Å²) >= 11 is 0. The number of alkyl halides is 8. The van der Waals surface area contributed by atoms with Crippen LogP contribution >= 0.6 is 0 Å². The third-order valence-corrected chi connectivity index (χ3v) is 5.71. The van der Waals surface area contributed by atoms with E-state index in [-0.39, 0.29) is 18.3 Å². The second-order valence-corrected chi connectivity index (χ2v) is 8.79. The van der Waals surface area contributed by atoms with Gasteiger partial charge in [-0.05, 0) is 12.0 Å². The number of quaternary nitrogens is 1. The summed E-state index contributed by atoms with van der Waals surface area (Å²) in [6.45, 7) is -1.33. The van der Waals surface area contributed by atoms with Gasteiger partial charge in [-0.25, -0.2) is 28.7 Å². The zero-order chi connectivity index (χ0) is 29.0. The van der Waals surface area contributed by atoms with Gasteiger partial charge in [-0.1, -0.05) is 6.92 Å². The van der Waals surface area contributed by atoms with Crippen molar-refractivity contribution in [2.24, 2.45) is 5.92 Å². The summed E-state index contributed by atoms with van der Waals surface area (Å²) in [5.41, 5.74) is -2.43. The number of rotatable bonds is 8. The smallest absolute Gasteiger partial charge is 0.352 e. The van der Waals surface area contributed by atoms with Crippen LogP contribution in [0.25, 0.3) is 5.57 Å². The highest BCUT2D eigenvalue weighted by Gasteiger charge is 2.47. The van der Waals surface area contributed by atoms with E-state index < -0.39 is 72.5 Å². The average molecular weight is 567 g/mol. The molecule has 3 heterocycles. The Hall–Kier alpha value is -3.76. The van der Waals surface area contributed by atoms with Crippen molar-refractivity contribution < 1.29 is 45.2 Å². The summed E-state index contributed by atoms with van der Waals surface area (Å²) in [5, 5.41) is 11.7. The molecule has 1 amide bonds. The Labute approximate surface area is 216 Å². The molecule has 2 aromatic heterocycles. The summed E-state index contributed by atoms with van der Waals surface area (Å²) in [4.78, 5) is 28.9. The van der Waals surface area contributed by atoms with Gasteiger partial charge >= 0.3 is 12.4 Å². The molecule has 1 saturated heterocycles. The molecule has 39 heavy (non-hydrogen) atoms. The standard InChI is InChI=1S/C22H22F8N8O/c1-12-5-20(23,24)11-38(15(12)9-37-19-35-6-13(7-36-19)22(28,29)30)18(39)16(31)14(8-32-10-21(25,26)27)17-33-3-2-4-34-17/h2-4,6-8,12,15,31-32H,5,9-11H2,1H3,(H,35,36,37)/p+1. The minimum Gasteiger partial charge on any atom is -0.352 e. The van der Waals surface area contributed by atoms with Gasteiger partial charge in [0.1, 0.15) is 17.5 Å². The first-order valence-electron chi connectivity index (χ1n) is 11.4. The number of carbonyl (C=O) groups excluding carboxylic acids is 1. The lowest BCUT2D eigenvalue weighted by Crippen LogP contribution is -2.81. The van der Waals surface area contributed by atoms with Crippen LogP contribution in [0.3, 0.4) is 0 Å². The number of carbonyl (C=O) groups is 1. The Morgan fingerprint density at radius 2 is 1.77 bits per heavy atom. The van der Waals surface area contributed by atoms with Gasteiger partial charge in [0.25, 0.3) is 11.8 Å². The van der Waals surface area contributed by atoms with E-state index in [0.29, 0.717) is 22.6 Å². The highest BCUT2D eigenvalue weighted by atomic mass is 19.4. The van der Waals surface area contributed by atoms with Gasteiger partial charge < -0.3 is 15.5 Å². The van der Waals surface area contributed by atoms with E-state index in [2.05, 4.69) is 25.3 Å². The Morgan fingerprint density at radius 3 is 2.33 bits per heavy atom. The molecule has 0 bridgehead atoms. The van der Waals surface area contributed by atoms with Crippen LogP contribution in [0.2, 0.25) is 0 Å². The quantitative estimate of drug-likeness (QED) is 0.333. The molecule has 2 unspecified atom stereocenters. The zero-order valence-corrected chi connectivity index (χ0v) is 20.2. The van der Waals surface area contributed by atoms with E-state index in [1.165, 1.54) is 25.4 Å². The van der Waals surface area contributed by atoms with Crippen LogP contribution in [-0.4, -0.2) is 74.2 Å². The van der Waals surface area contributed by atoms with Crippen LogP contribution in [0.4, 0.5) is 41.1 Å². The second kappa shape index (κ2) is 11.5. The van der Waals surface area contributed by atoms with E-state index in [0.717, 1.165) is 6.20 Å². The minimum absolute atomic E-state index is 0.255. The summed E-state index contributed by atoms with van der Waals surface area (Å²) in [7, 11) is 0. The molecule has 2 atom stereocenters. The third kappa shape index (κ3) is 8.11. The van der Waals surface area contributed by atoms with Gasteiger partial charge in [0.15, 0.2) is 12.4 Å². The number of aromatic nitrogens is 4. The molecule has 212 valence electrons. The number of hydrogen-bond acceptors (Lipinski definition) is 7. The highest BCUT2D eigenvalue weighted by molar-refractivity contribution is 6.54. The van der Waals surface area contributed by atoms with Crippen LogP contribution in [0.1, 0.15) is 24.7 Å². The van der Waals surface area contributed by atoms with Crippen molar-refractivity contribution in [3.63, 3.8) is 0 Å². The molecule has 1 aliphatic heterocycles. The van der Waals surface area contributed by atoms with Crippen molar-refractivity contribution in [3.05, 3.63) is 48.4 Å². The first kappa shape index (κ1) is 29.8. The summed E-state index contributed by atoms with van der Waals surface area (Å²) in [5.74, 6) is -5.94. The lowest BCUT2D eigenvalue weighted by molar-refractivity contribution is -0.613. The van der Waals surface area contributed by atoms with Gasteiger partial charge in [0.2, 0.25) is 5.95 Å². The molecule has 0 aliphatic carbocycles. The molecule has 17 heteroatoms. The van der Waals surface area contributed by atoms with Gasteiger partial charge in [0, 0.05) is 37.8 Å². The van der Waals surface area contributed by atoms with Gasteiger partial charge in [0.05, 0.1) is 18.2 Å². The maximum atomic E-state index is 14.5. The third-order valence-electron chi connectivity index (χ3n) is 5.71. The van der Waals surface area contributed by atoms with Crippen molar-refractivity contribution in [2.45, 2.75) is 37.7 Å². The van der Waals surface area contributed by atoms with E-state index >= 15 is 0 Å². The van der Waals surface area contributed by atoms with E-state index in [9.17, 15) is 39.9 Å². The molecule has 0 radical (unpaired) electrons. The topological polar surface area (TPSA) is 124 Å². The fraction of sp³-hybridized carbons (Fsp3) is 0.455. The first-order valence-corrected chi connectivity index (χ1v) is 11.4. The molecule has 3 rings (SSSR count). The van der Waals surface area contributed by atoms with Crippen LogP contribution in [-0.2, 0) is 11.0 Å². The summed E-state index contributed by atoms with van der Waals surface area (Å²) in [6, 6.07) is 0.393. The average Bonchev–Trinajstić information content (AvgIpc) is 2.84. The molecule has 9 nitrogen and oxygen atoms in total. The molecule has 2 aromatic rings. The molecule has 0 saturated carbocycles. The Morgan fingerprint density at radius 1 is 1.15 bits per heavy atom. The van der Waals surface area contributed by atoms with Crippen molar-refractivity contribution in [3.8, 4) is 0 Å². The minimum atomic E-state index is -4.67. The molecule has 1 aliphatic rings. The Balaban J connectivity index is 1.85. The number of nitrogens with two attached hydrogens (primary N) is 1. The maximum Gasteiger partial charge on any atom is 0.438 e. The fourth-order valence-corrected chi connectivity index (χ4v) is 3.92. The van der Waals surface area contributed by atoms with Crippen LogP contribution in [0.5, 0.6) is 0 Å². The normalized spacial score (nSPS) is 20.0. The lowest BCUT2D eigenvalue weighted by Gasteiger charge is -2.43. The SMILES string of the molecule is CC1CC(F)(F)CN(C(=O)C(=N)C(=C[NH2+]CC(F)(F)F)c2ncccn2)C1CNc1ncc(C(F)(F)F)cn1. The number of amides is 1. The lowest BCUT2D eigenvalue weighted by atomic mass is 9.87. The van der Waals surface area contributed by atoms with Crippen molar-refractivity contribution in [1.29, 1.82) is 5.41 Å². The van der Waals surface area contributed by atoms with Crippen LogP contribution in [0.15, 0.2) is 37.1 Å². The van der Waals surface area contributed by atoms with Crippen molar-refractivity contribution >= 4 is 23.1 Å². The molecule has 0 aromatic carbocycles. The van der Waals surface area contributed by atoms with E-state index in [1.54, 1.807) is 0 Å². The predicted octanol–water partition coefficient (Wildman–Crippen LogP) is 2.76. The molecule has 0 spiro atoms. The molecular formula is C22H23F8N8O+. The number of nitrogens with one attached hydrogen (secondary N) is 2. The first-order chi connectivity index (χ1) is 18.1. The van der Waals surface area contributed by atoms with E-state index in [1.807, 2.05) is 0 Å². The van der Waals surface area contributed by atoms with Crippen molar-refractivity contribution in [2.75, 3.05) is 25.0 Å². The summed E-state index contributed by atoms with van der Waals surface area (Å²) < 4.78 is 105. The number of piperidine rings is 1. The zero-order valence-electron chi connectivity index (χ0n) is 20.2. The molecule has 4 N–H and O–H groups in total. The second-order valence-electron chi connectivity index (χ2n) is 8.79. The maximum absolute atomic E-state index is 14.5. The fourth-order valence-electron chi connectivity index (χ4n) is 3.92. The predicted molar refractivity (Wildman–Crippen MR) is 120 cm³/mol. The van der Waals surface area contributed by atoms with E-state index in [4.69, 9.17) is 5.41 Å². The Bertz CT molecular complexity index is 1190. The van der Waals surface area contributed by atoms with Crippen LogP contribution < -0.4 is 10.6 Å². The van der Waals surface area contributed by atoms with Gasteiger partial charge in [-0.2, -0.15) is 26.3 Å². The number of halogens is 8. The largest absolute Gasteiger partial charge is 0.438 e. The van der Waals surface area contributed by atoms with Crippen molar-refractivity contribution in [1.82, 2.24) is 24.8 Å². The summed E-state index contributed by atoms with van der Waals surface area (Å²) in [6.07, 6.45) is -5.53. The number of anilines is 1. The number of likely N-dealkylation sites (tertiary alicyclic amines) is 1. The van der Waals surface area contributed by atoms with Gasteiger partial charge in [-0.15, -0.1) is 0 Å². The highest BCUT2D eigenvalue weighted by Crippen LogP contribution is 2.35. The molecule has 1 fully saturated rings. The molecular weight excluding hydrogens is 544 g/mol. The Kier molecular flexibility index (Phi) is 8.82.